The maximum Gasteiger partial charge on any atom is 0.407 e. The van der Waals surface area contributed by atoms with Crippen LogP contribution >= 0.6 is 0 Å². The second-order valence-electron chi connectivity index (χ2n) is 8.89. The zero-order valence-electron chi connectivity index (χ0n) is 18.8. The van der Waals surface area contributed by atoms with Gasteiger partial charge in [-0.15, -0.1) is 0 Å². The molecule has 33 heavy (non-hydrogen) atoms. The smallest absolute Gasteiger partial charge is 0.407 e. The Hall–Kier alpha value is -3.35. The molecule has 4 rings (SSSR count). The Labute approximate surface area is 193 Å². The number of fused-ring (bicyclic) bond motifs is 3. The lowest BCUT2D eigenvalue weighted by Crippen LogP contribution is -2.43. The van der Waals surface area contributed by atoms with Gasteiger partial charge in [-0.3, -0.25) is 9.59 Å². The number of hydrogen-bond donors (Lipinski definition) is 3. The van der Waals surface area contributed by atoms with Gasteiger partial charge in [0.1, 0.15) is 6.61 Å². The van der Waals surface area contributed by atoms with Crippen molar-refractivity contribution >= 4 is 18.0 Å². The van der Waals surface area contributed by atoms with E-state index >= 15 is 0 Å². The molecule has 7 heteroatoms. The van der Waals surface area contributed by atoms with Crippen LogP contribution in [0.1, 0.15) is 56.1 Å². The molecule has 0 heterocycles. The second kappa shape index (κ2) is 10.1. The maximum atomic E-state index is 12.6. The molecule has 2 aromatic rings. The molecule has 0 aromatic heterocycles. The molecule has 1 fully saturated rings. The summed E-state index contributed by atoms with van der Waals surface area (Å²) in [7, 11) is 0. The number of rotatable bonds is 10. The number of carbonyl (C=O) groups is 3. The zero-order valence-corrected chi connectivity index (χ0v) is 18.8. The van der Waals surface area contributed by atoms with Gasteiger partial charge < -0.3 is 20.5 Å². The quantitative estimate of drug-likeness (QED) is 0.506. The molecule has 3 N–H and O–H groups in total. The molecule has 2 unspecified atom stereocenters. The number of benzene rings is 2. The molecule has 0 bridgehead atoms. The number of carboxylic acid groups (broad SMARTS) is 1. The number of ether oxygens (including phenoxy) is 1. The summed E-state index contributed by atoms with van der Waals surface area (Å²) >= 11 is 0. The van der Waals surface area contributed by atoms with Crippen molar-refractivity contribution in [3.05, 3.63) is 59.7 Å². The van der Waals surface area contributed by atoms with E-state index in [2.05, 4.69) is 34.9 Å². The van der Waals surface area contributed by atoms with Gasteiger partial charge in [-0.05, 0) is 47.4 Å². The van der Waals surface area contributed by atoms with E-state index in [0.717, 1.165) is 24.0 Å². The van der Waals surface area contributed by atoms with Gasteiger partial charge in [0, 0.05) is 24.4 Å². The fraction of sp³-hybridized carbons (Fsp3) is 0.423. The molecular weight excluding hydrogens is 420 g/mol. The molecule has 0 aliphatic heterocycles. The SMILES string of the molecule is CCC(CC(=O)O)NC(=O)CC(NC(=O)OCC1c2ccccc2-c2ccccc21)C1CC1. The Kier molecular flexibility index (Phi) is 6.96. The maximum absolute atomic E-state index is 12.6. The topological polar surface area (TPSA) is 105 Å². The molecular formula is C26H30N2O5. The number of aliphatic carboxylic acids is 1. The summed E-state index contributed by atoms with van der Waals surface area (Å²) in [5, 5.41) is 14.6. The van der Waals surface area contributed by atoms with E-state index in [0.29, 0.717) is 6.42 Å². The summed E-state index contributed by atoms with van der Waals surface area (Å²) in [6.07, 6.45) is 1.91. The summed E-state index contributed by atoms with van der Waals surface area (Å²) in [5.74, 6) is -0.973. The molecule has 1 saturated carbocycles. The van der Waals surface area contributed by atoms with Crippen LogP contribution in [-0.4, -0.2) is 41.8 Å². The fourth-order valence-corrected chi connectivity index (χ4v) is 4.62. The Morgan fingerprint density at radius 1 is 0.970 bits per heavy atom. The summed E-state index contributed by atoms with van der Waals surface area (Å²) in [6, 6.07) is 15.6. The Bertz CT molecular complexity index is 987. The highest BCUT2D eigenvalue weighted by molar-refractivity contribution is 5.80. The molecule has 0 saturated heterocycles. The first-order valence-electron chi connectivity index (χ1n) is 11.6. The highest BCUT2D eigenvalue weighted by Gasteiger charge is 2.35. The Morgan fingerprint density at radius 3 is 2.12 bits per heavy atom. The van der Waals surface area contributed by atoms with Crippen molar-refractivity contribution in [3.8, 4) is 11.1 Å². The highest BCUT2D eigenvalue weighted by Crippen LogP contribution is 2.44. The van der Waals surface area contributed by atoms with Gasteiger partial charge >= 0.3 is 12.1 Å². The Balaban J connectivity index is 1.34. The van der Waals surface area contributed by atoms with Crippen LogP contribution < -0.4 is 10.6 Å². The Morgan fingerprint density at radius 2 is 1.58 bits per heavy atom. The van der Waals surface area contributed by atoms with Crippen LogP contribution in [0.2, 0.25) is 0 Å². The van der Waals surface area contributed by atoms with Crippen molar-refractivity contribution in [1.29, 1.82) is 0 Å². The first-order valence-corrected chi connectivity index (χ1v) is 11.6. The third-order valence-electron chi connectivity index (χ3n) is 6.52. The number of nitrogens with one attached hydrogen (secondary N) is 2. The summed E-state index contributed by atoms with van der Waals surface area (Å²) in [4.78, 5) is 36.0. The average molecular weight is 451 g/mol. The molecule has 174 valence electrons. The average Bonchev–Trinajstić information content (AvgIpc) is 3.59. The minimum absolute atomic E-state index is 0.0212. The first kappa shape index (κ1) is 22.8. The molecule has 0 spiro atoms. The van der Waals surface area contributed by atoms with E-state index in [4.69, 9.17) is 9.84 Å². The number of amides is 2. The van der Waals surface area contributed by atoms with Crippen molar-refractivity contribution in [2.24, 2.45) is 5.92 Å². The van der Waals surface area contributed by atoms with Crippen LogP contribution in [-0.2, 0) is 14.3 Å². The fourth-order valence-electron chi connectivity index (χ4n) is 4.62. The highest BCUT2D eigenvalue weighted by atomic mass is 16.5. The third-order valence-corrected chi connectivity index (χ3v) is 6.52. The van der Waals surface area contributed by atoms with Crippen LogP contribution in [0, 0.1) is 5.92 Å². The van der Waals surface area contributed by atoms with Crippen LogP contribution in [0.5, 0.6) is 0 Å². The van der Waals surface area contributed by atoms with E-state index in [1.165, 1.54) is 11.1 Å². The predicted octanol–water partition coefficient (Wildman–Crippen LogP) is 4.06. The van der Waals surface area contributed by atoms with Gasteiger partial charge in [-0.25, -0.2) is 4.79 Å². The number of carboxylic acids is 1. The van der Waals surface area contributed by atoms with Crippen molar-refractivity contribution < 1.29 is 24.2 Å². The third kappa shape index (κ3) is 5.53. The van der Waals surface area contributed by atoms with E-state index in [1.54, 1.807) is 0 Å². The summed E-state index contributed by atoms with van der Waals surface area (Å²) in [6.45, 7) is 2.06. The molecule has 0 radical (unpaired) electrons. The van der Waals surface area contributed by atoms with Gasteiger partial charge in [0.05, 0.1) is 6.42 Å². The van der Waals surface area contributed by atoms with Crippen LogP contribution in [0.3, 0.4) is 0 Å². The van der Waals surface area contributed by atoms with Crippen LogP contribution in [0.25, 0.3) is 11.1 Å². The minimum Gasteiger partial charge on any atom is -0.481 e. The van der Waals surface area contributed by atoms with Gasteiger partial charge in [-0.2, -0.15) is 0 Å². The van der Waals surface area contributed by atoms with Crippen molar-refractivity contribution in [2.75, 3.05) is 6.61 Å². The number of alkyl carbamates (subject to hydrolysis) is 1. The number of carbonyl (C=O) groups excluding carboxylic acids is 2. The van der Waals surface area contributed by atoms with Crippen molar-refractivity contribution in [1.82, 2.24) is 10.6 Å². The molecule has 7 nitrogen and oxygen atoms in total. The van der Waals surface area contributed by atoms with Crippen molar-refractivity contribution in [3.63, 3.8) is 0 Å². The molecule has 2 atom stereocenters. The van der Waals surface area contributed by atoms with Crippen LogP contribution in [0.15, 0.2) is 48.5 Å². The van der Waals surface area contributed by atoms with E-state index in [-0.39, 0.29) is 43.2 Å². The normalized spacial score (nSPS) is 16.3. The predicted molar refractivity (Wildman–Crippen MR) is 124 cm³/mol. The first-order chi connectivity index (χ1) is 16.0. The summed E-state index contributed by atoms with van der Waals surface area (Å²) < 4.78 is 5.63. The summed E-state index contributed by atoms with van der Waals surface area (Å²) in [5.41, 5.74) is 4.63. The van der Waals surface area contributed by atoms with Gasteiger partial charge in [0.15, 0.2) is 0 Å². The van der Waals surface area contributed by atoms with Gasteiger partial charge in [0.25, 0.3) is 0 Å². The van der Waals surface area contributed by atoms with Crippen LogP contribution in [0.4, 0.5) is 4.79 Å². The standard InChI is InChI=1S/C26H30N2O5/c1-2-17(13-25(30)31)27-24(29)14-23(16-11-12-16)28-26(32)33-15-22-20-9-5-3-7-18(20)19-8-4-6-10-21(19)22/h3-10,16-17,22-23H,2,11-15H2,1H3,(H,27,29)(H,28,32)(H,30,31). The lowest BCUT2D eigenvalue weighted by Gasteiger charge is -2.21. The monoisotopic (exact) mass is 450 g/mol. The van der Waals surface area contributed by atoms with Gasteiger partial charge in [0.2, 0.25) is 5.91 Å². The van der Waals surface area contributed by atoms with Gasteiger partial charge in [-0.1, -0.05) is 55.5 Å². The molecule has 2 aliphatic carbocycles. The zero-order chi connectivity index (χ0) is 23.4. The molecule has 2 aliphatic rings. The van der Waals surface area contributed by atoms with E-state index < -0.39 is 18.1 Å². The lowest BCUT2D eigenvalue weighted by molar-refractivity contribution is -0.137. The van der Waals surface area contributed by atoms with E-state index in [1.807, 2.05) is 31.2 Å². The molecule has 2 amide bonds. The second-order valence-corrected chi connectivity index (χ2v) is 8.89. The lowest BCUT2D eigenvalue weighted by atomic mass is 9.98. The van der Waals surface area contributed by atoms with E-state index in [9.17, 15) is 14.4 Å². The van der Waals surface area contributed by atoms with Crippen molar-refractivity contribution in [2.45, 2.75) is 57.0 Å². The minimum atomic E-state index is -0.947. The molecule has 2 aromatic carbocycles. The largest absolute Gasteiger partial charge is 0.481 e. The number of hydrogen-bond acceptors (Lipinski definition) is 4.